The minimum atomic E-state index is 0.0698. The van der Waals surface area contributed by atoms with Crippen molar-refractivity contribution in [3.05, 3.63) is 11.9 Å². The van der Waals surface area contributed by atoms with Crippen molar-refractivity contribution in [1.29, 1.82) is 0 Å². The van der Waals surface area contributed by atoms with Crippen LogP contribution in [0.2, 0.25) is 0 Å². The molecule has 0 saturated carbocycles. The largest absolute Gasteiger partial charge is 0.377 e. The summed E-state index contributed by atoms with van der Waals surface area (Å²) >= 11 is 0. The molecule has 104 valence electrons. The molecule has 0 spiro atoms. The van der Waals surface area contributed by atoms with Crippen LogP contribution < -0.4 is 16.2 Å². The third-order valence-electron chi connectivity index (χ3n) is 2.96. The second-order valence-electron chi connectivity index (χ2n) is 4.34. The molecule has 1 fully saturated rings. The lowest BCUT2D eigenvalue weighted by atomic mass is 10.3. The molecule has 2 heterocycles. The maximum atomic E-state index is 11.7. The number of aromatic nitrogens is 2. The third kappa shape index (κ3) is 3.09. The van der Waals surface area contributed by atoms with Crippen LogP contribution in [0.5, 0.6) is 0 Å². The molecule has 1 aromatic heterocycles. The fraction of sp³-hybridized carbons (Fsp3) is 0.545. The predicted octanol–water partition coefficient (Wildman–Crippen LogP) is -0.813. The monoisotopic (exact) mass is 266 g/mol. The molecule has 0 unspecified atom stereocenters. The average Bonchev–Trinajstić information content (AvgIpc) is 2.42. The molecule has 1 amide bonds. The van der Waals surface area contributed by atoms with Gasteiger partial charge in [0, 0.05) is 33.3 Å². The van der Waals surface area contributed by atoms with E-state index in [1.807, 2.05) is 4.90 Å². The first-order valence-electron chi connectivity index (χ1n) is 5.96. The van der Waals surface area contributed by atoms with Crippen molar-refractivity contribution in [2.75, 3.05) is 44.1 Å². The average molecular weight is 266 g/mol. The van der Waals surface area contributed by atoms with E-state index in [0.717, 1.165) is 6.54 Å². The fourth-order valence-electron chi connectivity index (χ4n) is 1.87. The lowest BCUT2D eigenvalue weighted by Crippen LogP contribution is -2.49. The first-order valence-corrected chi connectivity index (χ1v) is 5.96. The summed E-state index contributed by atoms with van der Waals surface area (Å²) in [5, 5.41) is 0. The maximum absolute atomic E-state index is 11.7. The molecule has 0 atom stereocenters. The number of amides is 1. The molecule has 1 aliphatic rings. The summed E-state index contributed by atoms with van der Waals surface area (Å²) in [5.74, 6) is 7.17. The van der Waals surface area contributed by atoms with Crippen molar-refractivity contribution in [2.24, 2.45) is 5.84 Å². The van der Waals surface area contributed by atoms with Crippen LogP contribution in [0.4, 0.5) is 11.6 Å². The van der Waals surface area contributed by atoms with Crippen molar-refractivity contribution in [1.82, 2.24) is 14.9 Å². The van der Waals surface area contributed by atoms with Crippen LogP contribution in [0.1, 0.15) is 5.82 Å². The van der Waals surface area contributed by atoms with Gasteiger partial charge in [0.25, 0.3) is 0 Å². The summed E-state index contributed by atoms with van der Waals surface area (Å²) in [6, 6.07) is 1.72. The summed E-state index contributed by atoms with van der Waals surface area (Å²) in [6.07, 6.45) is 0. The maximum Gasteiger partial charge on any atom is 0.241 e. The van der Waals surface area contributed by atoms with Crippen LogP contribution in [-0.2, 0) is 16.1 Å². The van der Waals surface area contributed by atoms with Gasteiger partial charge < -0.3 is 20.0 Å². The van der Waals surface area contributed by atoms with Crippen molar-refractivity contribution in [3.8, 4) is 0 Å². The summed E-state index contributed by atoms with van der Waals surface area (Å²) in [7, 11) is 3.37. The Kier molecular flexibility index (Phi) is 4.13. The second-order valence-corrected chi connectivity index (χ2v) is 4.34. The summed E-state index contributed by atoms with van der Waals surface area (Å²) in [4.78, 5) is 23.9. The number of carbonyl (C=O) groups is 1. The lowest BCUT2D eigenvalue weighted by Gasteiger charge is -2.32. The number of hydrazine groups is 1. The fourth-order valence-corrected chi connectivity index (χ4v) is 1.87. The number of carbonyl (C=O) groups excluding carboxylic acids is 1. The number of nitrogens with two attached hydrogens (primary N) is 1. The second kappa shape index (κ2) is 5.81. The van der Waals surface area contributed by atoms with Gasteiger partial charge >= 0.3 is 0 Å². The van der Waals surface area contributed by atoms with E-state index in [4.69, 9.17) is 10.6 Å². The lowest BCUT2D eigenvalue weighted by molar-refractivity contribution is -0.129. The molecule has 3 N–H and O–H groups in total. The molecule has 1 aromatic rings. The molecule has 19 heavy (non-hydrogen) atoms. The van der Waals surface area contributed by atoms with Crippen molar-refractivity contribution in [3.63, 3.8) is 0 Å². The number of nitrogens with zero attached hydrogens (tertiary/aromatic N) is 4. The highest BCUT2D eigenvalue weighted by Crippen LogP contribution is 2.17. The van der Waals surface area contributed by atoms with Gasteiger partial charge in [-0.25, -0.2) is 15.8 Å². The van der Waals surface area contributed by atoms with Gasteiger partial charge in [0.15, 0.2) is 5.82 Å². The summed E-state index contributed by atoms with van der Waals surface area (Å²) in [5.41, 5.74) is 2.50. The van der Waals surface area contributed by atoms with Gasteiger partial charge in [-0.2, -0.15) is 0 Å². The van der Waals surface area contributed by atoms with Gasteiger partial charge in [0.05, 0.1) is 6.54 Å². The Labute approximate surface area is 111 Å². The molecule has 2 rings (SSSR count). The van der Waals surface area contributed by atoms with Gasteiger partial charge in [0.2, 0.25) is 5.91 Å². The zero-order chi connectivity index (χ0) is 13.8. The van der Waals surface area contributed by atoms with E-state index in [2.05, 4.69) is 15.4 Å². The zero-order valence-electron chi connectivity index (χ0n) is 11.1. The number of methoxy groups -OCH3 is 1. The molecule has 0 aromatic carbocycles. The highest BCUT2D eigenvalue weighted by Gasteiger charge is 2.22. The van der Waals surface area contributed by atoms with Crippen LogP contribution in [-0.4, -0.2) is 54.6 Å². The van der Waals surface area contributed by atoms with Gasteiger partial charge in [-0.15, -0.1) is 0 Å². The standard InChI is InChI=1S/C11H18N6O2/c1-16-3-4-17(6-11(16)18)10-5-8(15-12)13-9(14-10)7-19-2/h5H,3-4,6-7,12H2,1-2H3,(H,13,14,15). The van der Waals surface area contributed by atoms with E-state index in [-0.39, 0.29) is 5.91 Å². The number of hydrogen-bond donors (Lipinski definition) is 2. The Bertz CT molecular complexity index is 466. The molecule has 1 saturated heterocycles. The van der Waals surface area contributed by atoms with Gasteiger partial charge in [0.1, 0.15) is 18.2 Å². The van der Waals surface area contributed by atoms with Gasteiger partial charge in [-0.3, -0.25) is 4.79 Å². The minimum absolute atomic E-state index is 0.0698. The number of rotatable bonds is 4. The Balaban J connectivity index is 2.23. The SMILES string of the molecule is COCc1nc(NN)cc(N2CCN(C)C(=O)C2)n1. The van der Waals surface area contributed by atoms with Gasteiger partial charge in [-0.1, -0.05) is 0 Å². The number of anilines is 2. The molecular formula is C11H18N6O2. The predicted molar refractivity (Wildman–Crippen MR) is 70.4 cm³/mol. The normalized spacial score (nSPS) is 15.8. The summed E-state index contributed by atoms with van der Waals surface area (Å²) < 4.78 is 5.02. The van der Waals surface area contributed by atoms with Crippen molar-refractivity contribution >= 4 is 17.5 Å². The van der Waals surface area contributed by atoms with E-state index in [1.165, 1.54) is 0 Å². The van der Waals surface area contributed by atoms with Crippen molar-refractivity contribution < 1.29 is 9.53 Å². The molecule has 0 radical (unpaired) electrons. The summed E-state index contributed by atoms with van der Waals surface area (Å²) in [6.45, 7) is 2.01. The van der Waals surface area contributed by atoms with E-state index in [9.17, 15) is 4.79 Å². The molecule has 0 bridgehead atoms. The zero-order valence-corrected chi connectivity index (χ0v) is 11.1. The Morgan fingerprint density at radius 1 is 1.47 bits per heavy atom. The number of piperazine rings is 1. The van der Waals surface area contributed by atoms with Gasteiger partial charge in [-0.05, 0) is 0 Å². The third-order valence-corrected chi connectivity index (χ3v) is 2.96. The number of nitrogen functional groups attached to an aromatic ring is 1. The minimum Gasteiger partial charge on any atom is -0.377 e. The molecule has 8 nitrogen and oxygen atoms in total. The number of ether oxygens (including phenoxy) is 1. The molecule has 0 aliphatic carbocycles. The van der Waals surface area contributed by atoms with Crippen LogP contribution in [0, 0.1) is 0 Å². The highest BCUT2D eigenvalue weighted by atomic mass is 16.5. The molecule has 1 aliphatic heterocycles. The molecular weight excluding hydrogens is 248 g/mol. The van der Waals surface area contributed by atoms with Crippen LogP contribution in [0.15, 0.2) is 6.07 Å². The van der Waals surface area contributed by atoms with E-state index >= 15 is 0 Å². The first-order chi connectivity index (χ1) is 9.13. The first kappa shape index (κ1) is 13.5. The van der Waals surface area contributed by atoms with Crippen molar-refractivity contribution in [2.45, 2.75) is 6.61 Å². The smallest absolute Gasteiger partial charge is 0.241 e. The number of likely N-dealkylation sites (N-methyl/N-ethyl adjacent to an activating group) is 1. The number of hydrogen-bond acceptors (Lipinski definition) is 7. The van der Waals surface area contributed by atoms with Crippen LogP contribution in [0.3, 0.4) is 0 Å². The van der Waals surface area contributed by atoms with E-state index < -0.39 is 0 Å². The Morgan fingerprint density at radius 2 is 2.26 bits per heavy atom. The quantitative estimate of drug-likeness (QED) is 0.543. The molecule has 8 heteroatoms. The van der Waals surface area contributed by atoms with Crippen LogP contribution >= 0.6 is 0 Å². The van der Waals surface area contributed by atoms with Crippen LogP contribution in [0.25, 0.3) is 0 Å². The van der Waals surface area contributed by atoms with E-state index in [1.54, 1.807) is 25.1 Å². The number of nitrogens with one attached hydrogen (secondary N) is 1. The Hall–Kier alpha value is -1.93. The highest BCUT2D eigenvalue weighted by molar-refractivity contribution is 5.82. The Morgan fingerprint density at radius 3 is 2.89 bits per heavy atom. The topological polar surface area (TPSA) is 96.6 Å². The van der Waals surface area contributed by atoms with E-state index in [0.29, 0.717) is 37.2 Å².